The molecule has 0 aliphatic heterocycles. The second-order valence-corrected chi connectivity index (χ2v) is 5.49. The quantitative estimate of drug-likeness (QED) is 0.747. The first-order valence-electron chi connectivity index (χ1n) is 7.75. The Hall–Kier alpha value is -3.15. The summed E-state index contributed by atoms with van der Waals surface area (Å²) in [7, 11) is 1.60. The lowest BCUT2D eigenvalue weighted by Crippen LogP contribution is -2.24. The molecule has 3 aromatic rings. The van der Waals surface area contributed by atoms with Crippen molar-refractivity contribution in [3.8, 4) is 17.1 Å². The van der Waals surface area contributed by atoms with Crippen LogP contribution in [-0.4, -0.2) is 18.2 Å². The van der Waals surface area contributed by atoms with Gasteiger partial charge in [0.05, 0.1) is 19.2 Å². The molecule has 25 heavy (non-hydrogen) atoms. The molecule has 0 spiro atoms. The van der Waals surface area contributed by atoms with E-state index in [4.69, 9.17) is 9.26 Å². The van der Waals surface area contributed by atoms with Crippen molar-refractivity contribution >= 4 is 5.91 Å². The van der Waals surface area contributed by atoms with E-state index in [0.717, 1.165) is 16.9 Å². The van der Waals surface area contributed by atoms with E-state index in [1.165, 1.54) is 12.1 Å². The van der Waals surface area contributed by atoms with E-state index >= 15 is 0 Å². The minimum absolute atomic E-state index is 0.112. The fourth-order valence-corrected chi connectivity index (χ4v) is 2.32. The van der Waals surface area contributed by atoms with Crippen molar-refractivity contribution < 1.29 is 18.4 Å². The molecule has 0 aliphatic carbocycles. The molecular weight excluding hydrogens is 323 g/mol. The van der Waals surface area contributed by atoms with Gasteiger partial charge in [0, 0.05) is 18.2 Å². The van der Waals surface area contributed by atoms with Gasteiger partial charge in [-0.05, 0) is 42.0 Å². The number of halogens is 1. The number of aromatic nitrogens is 1. The number of hydrogen-bond acceptors (Lipinski definition) is 4. The Morgan fingerprint density at radius 3 is 2.56 bits per heavy atom. The normalized spacial score (nSPS) is 10.5. The lowest BCUT2D eigenvalue weighted by atomic mass is 10.1. The summed E-state index contributed by atoms with van der Waals surface area (Å²) in [5.74, 6) is 0.857. The summed E-state index contributed by atoms with van der Waals surface area (Å²) in [5.41, 5.74) is 2.22. The number of benzene rings is 2. The van der Waals surface area contributed by atoms with E-state index in [2.05, 4.69) is 10.5 Å². The topological polar surface area (TPSA) is 64.4 Å². The van der Waals surface area contributed by atoms with Gasteiger partial charge in [0.25, 0.3) is 0 Å². The van der Waals surface area contributed by atoms with Gasteiger partial charge in [-0.1, -0.05) is 17.3 Å². The molecule has 5 nitrogen and oxygen atoms in total. The summed E-state index contributed by atoms with van der Waals surface area (Å²) in [6.07, 6.45) is 0.112. The van der Waals surface area contributed by atoms with Gasteiger partial charge in [0.1, 0.15) is 11.6 Å². The molecule has 2 aromatic carbocycles. The number of amides is 1. The van der Waals surface area contributed by atoms with E-state index < -0.39 is 0 Å². The fourth-order valence-electron chi connectivity index (χ4n) is 2.32. The highest BCUT2D eigenvalue weighted by molar-refractivity contribution is 5.78. The molecule has 0 unspecified atom stereocenters. The maximum Gasteiger partial charge on any atom is 0.226 e. The van der Waals surface area contributed by atoms with Crippen LogP contribution >= 0.6 is 0 Å². The second kappa shape index (κ2) is 7.61. The molecule has 0 bridgehead atoms. The summed E-state index contributed by atoms with van der Waals surface area (Å²) >= 11 is 0. The molecule has 1 N–H and O–H groups in total. The van der Waals surface area contributed by atoms with Gasteiger partial charge in [-0.2, -0.15) is 0 Å². The van der Waals surface area contributed by atoms with Crippen molar-refractivity contribution in [3.05, 3.63) is 71.7 Å². The maximum absolute atomic E-state index is 12.8. The zero-order valence-corrected chi connectivity index (χ0v) is 13.7. The lowest BCUT2D eigenvalue weighted by molar-refractivity contribution is -0.120. The average Bonchev–Trinajstić information content (AvgIpc) is 3.10. The average molecular weight is 340 g/mol. The van der Waals surface area contributed by atoms with Gasteiger partial charge in [-0.3, -0.25) is 4.79 Å². The van der Waals surface area contributed by atoms with Crippen LogP contribution in [0.3, 0.4) is 0 Å². The smallest absolute Gasteiger partial charge is 0.226 e. The van der Waals surface area contributed by atoms with Crippen LogP contribution in [-0.2, 0) is 17.8 Å². The Morgan fingerprint density at radius 1 is 1.16 bits per heavy atom. The SMILES string of the molecule is COc1ccc(-c2cc(CC(=O)NCc3ccc(F)cc3)no2)cc1. The Kier molecular flexibility index (Phi) is 5.09. The summed E-state index contributed by atoms with van der Waals surface area (Å²) in [4.78, 5) is 12.0. The van der Waals surface area contributed by atoms with Crippen LogP contribution in [0.1, 0.15) is 11.3 Å². The standard InChI is InChI=1S/C19H17FN2O3/c1-24-17-8-4-14(5-9-17)18-10-16(22-25-18)11-19(23)21-12-13-2-6-15(20)7-3-13/h2-10H,11-12H2,1H3,(H,21,23). The first kappa shape index (κ1) is 16.7. The van der Waals surface area contributed by atoms with E-state index in [9.17, 15) is 9.18 Å². The van der Waals surface area contributed by atoms with Gasteiger partial charge in [0.2, 0.25) is 5.91 Å². The molecule has 1 aromatic heterocycles. The minimum atomic E-state index is -0.302. The van der Waals surface area contributed by atoms with Gasteiger partial charge in [-0.15, -0.1) is 0 Å². The van der Waals surface area contributed by atoms with Crippen LogP contribution in [0.2, 0.25) is 0 Å². The van der Waals surface area contributed by atoms with Crippen LogP contribution in [0.4, 0.5) is 4.39 Å². The zero-order valence-electron chi connectivity index (χ0n) is 13.7. The van der Waals surface area contributed by atoms with Crippen LogP contribution < -0.4 is 10.1 Å². The van der Waals surface area contributed by atoms with Crippen LogP contribution in [0.5, 0.6) is 5.75 Å². The van der Waals surface area contributed by atoms with Crippen molar-refractivity contribution in [1.29, 1.82) is 0 Å². The maximum atomic E-state index is 12.8. The summed E-state index contributed by atoms with van der Waals surface area (Å²) < 4.78 is 23.2. The number of methoxy groups -OCH3 is 1. The number of rotatable bonds is 6. The highest BCUT2D eigenvalue weighted by Crippen LogP contribution is 2.23. The number of hydrogen-bond donors (Lipinski definition) is 1. The Balaban J connectivity index is 1.56. The molecule has 0 atom stereocenters. The predicted octanol–water partition coefficient (Wildman–Crippen LogP) is 3.35. The van der Waals surface area contributed by atoms with Gasteiger partial charge in [0.15, 0.2) is 5.76 Å². The van der Waals surface area contributed by atoms with E-state index in [-0.39, 0.29) is 18.1 Å². The van der Waals surface area contributed by atoms with E-state index in [0.29, 0.717) is 18.0 Å². The summed E-state index contributed by atoms with van der Waals surface area (Å²) in [5, 5.41) is 6.70. The Morgan fingerprint density at radius 2 is 1.88 bits per heavy atom. The molecule has 0 fully saturated rings. The van der Waals surface area contributed by atoms with Crippen LogP contribution in [0, 0.1) is 5.82 Å². The molecule has 1 heterocycles. The van der Waals surface area contributed by atoms with Crippen molar-refractivity contribution in [2.45, 2.75) is 13.0 Å². The number of ether oxygens (including phenoxy) is 1. The van der Waals surface area contributed by atoms with Crippen molar-refractivity contribution in [2.75, 3.05) is 7.11 Å². The van der Waals surface area contributed by atoms with Crippen molar-refractivity contribution in [2.24, 2.45) is 0 Å². The molecule has 0 saturated carbocycles. The minimum Gasteiger partial charge on any atom is -0.497 e. The number of carbonyl (C=O) groups is 1. The molecule has 3 rings (SSSR count). The zero-order chi connectivity index (χ0) is 17.6. The van der Waals surface area contributed by atoms with E-state index in [1.807, 2.05) is 24.3 Å². The van der Waals surface area contributed by atoms with Crippen LogP contribution in [0.15, 0.2) is 59.1 Å². The monoisotopic (exact) mass is 340 g/mol. The van der Waals surface area contributed by atoms with E-state index in [1.54, 1.807) is 25.3 Å². The molecule has 0 aliphatic rings. The number of nitrogens with zero attached hydrogens (tertiary/aromatic N) is 1. The largest absolute Gasteiger partial charge is 0.497 e. The number of nitrogens with one attached hydrogen (secondary N) is 1. The van der Waals surface area contributed by atoms with Crippen molar-refractivity contribution in [1.82, 2.24) is 10.5 Å². The third-order valence-electron chi connectivity index (χ3n) is 3.68. The number of carbonyl (C=O) groups excluding carboxylic acids is 1. The summed E-state index contributed by atoms with van der Waals surface area (Å²) in [6.45, 7) is 0.336. The molecule has 128 valence electrons. The van der Waals surface area contributed by atoms with Gasteiger partial charge in [-0.25, -0.2) is 4.39 Å². The van der Waals surface area contributed by atoms with Gasteiger partial charge >= 0.3 is 0 Å². The molecule has 1 amide bonds. The molecule has 0 radical (unpaired) electrons. The third-order valence-corrected chi connectivity index (χ3v) is 3.68. The Labute approximate surface area is 144 Å². The predicted molar refractivity (Wildman–Crippen MR) is 90.4 cm³/mol. The molecule has 6 heteroatoms. The van der Waals surface area contributed by atoms with Gasteiger partial charge < -0.3 is 14.6 Å². The summed E-state index contributed by atoms with van der Waals surface area (Å²) in [6, 6.07) is 15.1. The van der Waals surface area contributed by atoms with Crippen molar-refractivity contribution in [3.63, 3.8) is 0 Å². The second-order valence-electron chi connectivity index (χ2n) is 5.49. The lowest BCUT2D eigenvalue weighted by Gasteiger charge is -2.03. The molecular formula is C19H17FN2O3. The highest BCUT2D eigenvalue weighted by Gasteiger charge is 2.11. The fraction of sp³-hybridized carbons (Fsp3) is 0.158. The highest BCUT2D eigenvalue weighted by atomic mass is 19.1. The Bertz CT molecular complexity index is 842. The van der Waals surface area contributed by atoms with Crippen LogP contribution in [0.25, 0.3) is 11.3 Å². The third kappa shape index (κ3) is 4.44. The molecule has 0 saturated heterocycles. The first-order valence-corrected chi connectivity index (χ1v) is 7.75. The first-order chi connectivity index (χ1) is 12.1.